The minimum atomic E-state index is -0.290. The summed E-state index contributed by atoms with van der Waals surface area (Å²) >= 11 is 0. The Hall–Kier alpha value is -1.29. The van der Waals surface area contributed by atoms with Crippen molar-refractivity contribution in [3.05, 3.63) is 24.0 Å². The number of halogens is 1. The van der Waals surface area contributed by atoms with Crippen LogP contribution >= 0.6 is 0 Å². The van der Waals surface area contributed by atoms with Gasteiger partial charge in [-0.05, 0) is 31.0 Å². The highest BCUT2D eigenvalue weighted by Gasteiger charge is 2.25. The number of nitrogens with one attached hydrogen (secondary N) is 1. The molecule has 0 amide bonds. The predicted octanol–water partition coefficient (Wildman–Crippen LogP) is 2.66. The molecule has 2 rings (SSSR count). The van der Waals surface area contributed by atoms with E-state index in [2.05, 4.69) is 24.1 Å². The summed E-state index contributed by atoms with van der Waals surface area (Å²) in [6.45, 7) is 7.32. The molecule has 1 aliphatic rings. The Labute approximate surface area is 114 Å². The molecule has 3 nitrogen and oxygen atoms in total. The van der Waals surface area contributed by atoms with Gasteiger partial charge in [-0.1, -0.05) is 13.8 Å². The van der Waals surface area contributed by atoms with Gasteiger partial charge in [-0.25, -0.2) is 4.39 Å². The molecule has 1 saturated heterocycles. The van der Waals surface area contributed by atoms with Crippen LogP contribution in [0.25, 0.3) is 0 Å². The number of benzene rings is 1. The van der Waals surface area contributed by atoms with Crippen LogP contribution in [0.3, 0.4) is 0 Å². The fourth-order valence-electron chi connectivity index (χ4n) is 2.80. The van der Waals surface area contributed by atoms with Crippen molar-refractivity contribution in [2.45, 2.75) is 26.3 Å². The van der Waals surface area contributed by atoms with Crippen molar-refractivity contribution in [3.8, 4) is 5.75 Å². The van der Waals surface area contributed by atoms with Gasteiger partial charge < -0.3 is 15.0 Å². The molecule has 0 aliphatic carbocycles. The van der Waals surface area contributed by atoms with Crippen LogP contribution in [0, 0.1) is 11.7 Å². The molecule has 0 radical (unpaired) electrons. The van der Waals surface area contributed by atoms with Gasteiger partial charge in [-0.3, -0.25) is 0 Å². The zero-order valence-electron chi connectivity index (χ0n) is 11.9. The Morgan fingerprint density at radius 1 is 1.47 bits per heavy atom. The molecule has 1 fully saturated rings. The SMILES string of the molecule is CCNC1CCN(c2ccc(OC)c(F)c2)CC1C. The minimum absolute atomic E-state index is 0.290. The van der Waals surface area contributed by atoms with Crippen molar-refractivity contribution >= 4 is 5.69 Å². The van der Waals surface area contributed by atoms with Crippen LogP contribution in [0.15, 0.2) is 18.2 Å². The van der Waals surface area contributed by atoms with Crippen LogP contribution in [0.4, 0.5) is 10.1 Å². The average Bonchev–Trinajstić information content (AvgIpc) is 2.41. The second kappa shape index (κ2) is 6.24. The second-order valence-electron chi connectivity index (χ2n) is 5.19. The van der Waals surface area contributed by atoms with Gasteiger partial charge in [0.05, 0.1) is 7.11 Å². The molecular weight excluding hydrogens is 243 g/mol. The molecule has 0 saturated carbocycles. The summed E-state index contributed by atoms with van der Waals surface area (Å²) in [6.07, 6.45) is 1.10. The summed E-state index contributed by atoms with van der Waals surface area (Å²) in [4.78, 5) is 2.25. The zero-order valence-corrected chi connectivity index (χ0v) is 11.9. The smallest absolute Gasteiger partial charge is 0.167 e. The maximum atomic E-state index is 13.7. The summed E-state index contributed by atoms with van der Waals surface area (Å²) in [5.41, 5.74) is 0.945. The molecule has 2 unspecified atom stereocenters. The largest absolute Gasteiger partial charge is 0.494 e. The molecule has 1 heterocycles. The monoisotopic (exact) mass is 266 g/mol. The quantitative estimate of drug-likeness (QED) is 0.906. The number of rotatable bonds is 4. The lowest BCUT2D eigenvalue weighted by Crippen LogP contribution is -2.48. The Morgan fingerprint density at radius 2 is 2.26 bits per heavy atom. The lowest BCUT2D eigenvalue weighted by atomic mass is 9.93. The van der Waals surface area contributed by atoms with Crippen molar-refractivity contribution in [1.29, 1.82) is 0 Å². The molecule has 2 atom stereocenters. The van der Waals surface area contributed by atoms with Gasteiger partial charge >= 0.3 is 0 Å². The maximum Gasteiger partial charge on any atom is 0.167 e. The van der Waals surface area contributed by atoms with E-state index in [1.165, 1.54) is 7.11 Å². The lowest BCUT2D eigenvalue weighted by Gasteiger charge is -2.38. The van der Waals surface area contributed by atoms with Crippen molar-refractivity contribution < 1.29 is 9.13 Å². The summed E-state index contributed by atoms with van der Waals surface area (Å²) in [7, 11) is 1.49. The van der Waals surface area contributed by atoms with Gasteiger partial charge in [0.15, 0.2) is 11.6 Å². The molecule has 0 bridgehead atoms. The normalized spacial score (nSPS) is 23.5. The zero-order chi connectivity index (χ0) is 13.8. The fourth-order valence-corrected chi connectivity index (χ4v) is 2.80. The first kappa shape index (κ1) is 14.1. The van der Waals surface area contributed by atoms with Crippen LogP contribution < -0.4 is 15.0 Å². The number of ether oxygens (including phenoxy) is 1. The van der Waals surface area contributed by atoms with E-state index in [1.54, 1.807) is 12.1 Å². The summed E-state index contributed by atoms with van der Waals surface area (Å²) < 4.78 is 18.7. The molecule has 1 aromatic rings. The van der Waals surface area contributed by atoms with Crippen molar-refractivity contribution in [2.24, 2.45) is 5.92 Å². The fraction of sp³-hybridized carbons (Fsp3) is 0.600. The third kappa shape index (κ3) is 3.18. The topological polar surface area (TPSA) is 24.5 Å². The summed E-state index contributed by atoms with van der Waals surface area (Å²) in [5.74, 6) is 0.583. The lowest BCUT2D eigenvalue weighted by molar-refractivity contribution is 0.326. The van der Waals surface area contributed by atoms with E-state index in [4.69, 9.17) is 4.74 Å². The molecule has 0 aromatic heterocycles. The molecule has 1 aromatic carbocycles. The Bertz CT molecular complexity index is 425. The van der Waals surface area contributed by atoms with Gasteiger partial charge in [0.2, 0.25) is 0 Å². The van der Waals surface area contributed by atoms with Crippen LogP contribution in [0.1, 0.15) is 20.3 Å². The molecular formula is C15H23FN2O. The maximum absolute atomic E-state index is 13.7. The van der Waals surface area contributed by atoms with Crippen molar-refractivity contribution in [3.63, 3.8) is 0 Å². The number of nitrogens with zero attached hydrogens (tertiary/aromatic N) is 1. The highest BCUT2D eigenvalue weighted by atomic mass is 19.1. The van der Waals surface area contributed by atoms with Crippen molar-refractivity contribution in [2.75, 3.05) is 31.6 Å². The summed E-state index contributed by atoms with van der Waals surface area (Å²) in [6, 6.07) is 5.77. The highest BCUT2D eigenvalue weighted by Crippen LogP contribution is 2.27. The highest BCUT2D eigenvalue weighted by molar-refractivity contribution is 5.50. The van der Waals surface area contributed by atoms with Crippen LogP contribution in [0.5, 0.6) is 5.75 Å². The third-order valence-electron chi connectivity index (χ3n) is 3.87. The van der Waals surface area contributed by atoms with E-state index in [0.717, 1.165) is 31.7 Å². The van der Waals surface area contributed by atoms with E-state index >= 15 is 0 Å². The van der Waals surface area contributed by atoms with E-state index in [0.29, 0.717) is 17.7 Å². The average molecular weight is 266 g/mol. The third-order valence-corrected chi connectivity index (χ3v) is 3.87. The van der Waals surface area contributed by atoms with Gasteiger partial charge in [0.1, 0.15) is 0 Å². The standard InChI is InChI=1S/C15H23FN2O/c1-4-17-14-7-8-18(10-11(14)2)12-5-6-15(19-3)13(16)9-12/h5-6,9,11,14,17H,4,7-8,10H2,1-3H3. The van der Waals surface area contributed by atoms with Crippen LogP contribution in [0.2, 0.25) is 0 Å². The van der Waals surface area contributed by atoms with Crippen LogP contribution in [-0.4, -0.2) is 32.8 Å². The number of hydrogen-bond donors (Lipinski definition) is 1. The Balaban J connectivity index is 2.06. The van der Waals surface area contributed by atoms with Crippen molar-refractivity contribution in [1.82, 2.24) is 5.32 Å². The minimum Gasteiger partial charge on any atom is -0.494 e. The number of piperidine rings is 1. The molecule has 1 aliphatic heterocycles. The van der Waals surface area contributed by atoms with Gasteiger partial charge in [0.25, 0.3) is 0 Å². The van der Waals surface area contributed by atoms with Gasteiger partial charge in [-0.15, -0.1) is 0 Å². The summed E-state index contributed by atoms with van der Waals surface area (Å²) in [5, 5.41) is 3.52. The first-order valence-electron chi connectivity index (χ1n) is 6.97. The van der Waals surface area contributed by atoms with E-state index < -0.39 is 0 Å². The van der Waals surface area contributed by atoms with E-state index in [9.17, 15) is 4.39 Å². The van der Waals surface area contributed by atoms with E-state index in [-0.39, 0.29) is 5.82 Å². The predicted molar refractivity (Wildman–Crippen MR) is 76.4 cm³/mol. The second-order valence-corrected chi connectivity index (χ2v) is 5.19. The first-order chi connectivity index (χ1) is 9.15. The molecule has 4 heteroatoms. The Kier molecular flexibility index (Phi) is 4.64. The number of anilines is 1. The molecule has 1 N–H and O–H groups in total. The van der Waals surface area contributed by atoms with Gasteiger partial charge in [-0.2, -0.15) is 0 Å². The Morgan fingerprint density at radius 3 is 2.84 bits per heavy atom. The van der Waals surface area contributed by atoms with E-state index in [1.807, 2.05) is 6.07 Å². The molecule has 0 spiro atoms. The first-order valence-corrected chi connectivity index (χ1v) is 6.97. The number of hydrogen-bond acceptors (Lipinski definition) is 3. The van der Waals surface area contributed by atoms with Crippen LogP contribution in [-0.2, 0) is 0 Å². The van der Waals surface area contributed by atoms with Gasteiger partial charge in [0, 0.05) is 30.9 Å². The number of methoxy groups -OCH3 is 1. The molecule has 19 heavy (non-hydrogen) atoms. The molecule has 106 valence electrons.